The summed E-state index contributed by atoms with van der Waals surface area (Å²) < 4.78 is 32.3. The molecule has 3 nitrogen and oxygen atoms in total. The topological polar surface area (TPSA) is 38.3 Å². The Kier molecular flexibility index (Phi) is 7.54. The number of thioether (sulfide) groups is 1. The van der Waals surface area contributed by atoms with Crippen LogP contribution in [0.1, 0.15) is 25.8 Å². The van der Waals surface area contributed by atoms with Crippen LogP contribution in [-0.4, -0.2) is 24.9 Å². The SMILES string of the molecule is CCCNCc1cc(F)c(SCC(=O)OCC)c(F)c1. The summed E-state index contributed by atoms with van der Waals surface area (Å²) in [6.07, 6.45) is 0.957. The van der Waals surface area contributed by atoms with Gasteiger partial charge in [0.15, 0.2) is 0 Å². The number of carbonyl (C=O) groups excluding carboxylic acids is 1. The predicted octanol–water partition coefficient (Wildman–Crippen LogP) is 3.12. The van der Waals surface area contributed by atoms with Crippen molar-refractivity contribution in [3.8, 4) is 0 Å². The molecule has 0 unspecified atom stereocenters. The summed E-state index contributed by atoms with van der Waals surface area (Å²) in [7, 11) is 0. The van der Waals surface area contributed by atoms with Crippen LogP contribution in [0, 0.1) is 11.6 Å². The van der Waals surface area contributed by atoms with Crippen LogP contribution in [-0.2, 0) is 16.1 Å². The second-order valence-corrected chi connectivity index (χ2v) is 5.14. The number of carbonyl (C=O) groups is 1. The molecule has 0 aliphatic carbocycles. The van der Waals surface area contributed by atoms with Gasteiger partial charge in [0.1, 0.15) is 11.6 Å². The fourth-order valence-corrected chi connectivity index (χ4v) is 2.33. The lowest BCUT2D eigenvalue weighted by molar-refractivity contribution is -0.139. The van der Waals surface area contributed by atoms with Gasteiger partial charge in [0.2, 0.25) is 0 Å². The molecule has 1 aromatic carbocycles. The quantitative estimate of drug-likeness (QED) is 0.455. The first-order valence-corrected chi connectivity index (χ1v) is 7.54. The van der Waals surface area contributed by atoms with E-state index < -0.39 is 17.6 Å². The zero-order chi connectivity index (χ0) is 15.0. The molecule has 0 bridgehead atoms. The van der Waals surface area contributed by atoms with Gasteiger partial charge in [0.25, 0.3) is 0 Å². The molecule has 112 valence electrons. The third-order valence-corrected chi connectivity index (χ3v) is 3.51. The van der Waals surface area contributed by atoms with Gasteiger partial charge < -0.3 is 10.1 Å². The number of ether oxygens (including phenoxy) is 1. The Hall–Kier alpha value is -1.14. The average Bonchev–Trinajstić information content (AvgIpc) is 2.38. The van der Waals surface area contributed by atoms with E-state index in [0.717, 1.165) is 24.7 Å². The van der Waals surface area contributed by atoms with Gasteiger partial charge >= 0.3 is 5.97 Å². The van der Waals surface area contributed by atoms with Crippen LogP contribution in [0.25, 0.3) is 0 Å². The Labute approximate surface area is 122 Å². The minimum absolute atomic E-state index is 0.102. The molecule has 0 amide bonds. The molecular weight excluding hydrogens is 284 g/mol. The molecule has 0 radical (unpaired) electrons. The molecule has 6 heteroatoms. The van der Waals surface area contributed by atoms with Crippen molar-refractivity contribution < 1.29 is 18.3 Å². The predicted molar refractivity (Wildman–Crippen MR) is 75.7 cm³/mol. The molecule has 1 rings (SSSR count). The standard InChI is InChI=1S/C14H19F2NO2S/c1-3-5-17-8-10-6-11(15)14(12(16)7-10)20-9-13(18)19-4-2/h6-7,17H,3-5,8-9H2,1-2H3. The molecule has 0 aromatic heterocycles. The molecule has 0 saturated carbocycles. The zero-order valence-electron chi connectivity index (χ0n) is 11.7. The van der Waals surface area contributed by atoms with Crippen LogP contribution >= 0.6 is 11.8 Å². The zero-order valence-corrected chi connectivity index (χ0v) is 12.5. The number of benzene rings is 1. The Morgan fingerprint density at radius 2 is 1.95 bits per heavy atom. The summed E-state index contributed by atoms with van der Waals surface area (Å²) >= 11 is 0.814. The summed E-state index contributed by atoms with van der Waals surface area (Å²) in [6, 6.07) is 2.58. The first-order chi connectivity index (χ1) is 9.58. The number of hydrogen-bond donors (Lipinski definition) is 1. The molecule has 20 heavy (non-hydrogen) atoms. The largest absolute Gasteiger partial charge is 0.465 e. The van der Waals surface area contributed by atoms with Crippen molar-refractivity contribution in [2.75, 3.05) is 18.9 Å². The number of halogens is 2. The highest BCUT2D eigenvalue weighted by atomic mass is 32.2. The minimum Gasteiger partial charge on any atom is -0.465 e. The van der Waals surface area contributed by atoms with Crippen LogP contribution in [0.15, 0.2) is 17.0 Å². The number of esters is 1. The summed E-state index contributed by atoms with van der Waals surface area (Å²) in [5.74, 6) is -1.88. The summed E-state index contributed by atoms with van der Waals surface area (Å²) in [5.41, 5.74) is 0.550. The van der Waals surface area contributed by atoms with Crippen molar-refractivity contribution >= 4 is 17.7 Å². The lowest BCUT2D eigenvalue weighted by atomic mass is 10.2. The third kappa shape index (κ3) is 5.46. The van der Waals surface area contributed by atoms with Crippen LogP contribution in [0.2, 0.25) is 0 Å². The van der Waals surface area contributed by atoms with Crippen LogP contribution in [0.4, 0.5) is 8.78 Å². The summed E-state index contributed by atoms with van der Waals surface area (Å²) in [5, 5.41) is 3.08. The van der Waals surface area contributed by atoms with Crippen molar-refractivity contribution in [2.45, 2.75) is 31.7 Å². The van der Waals surface area contributed by atoms with E-state index in [9.17, 15) is 13.6 Å². The normalized spacial score (nSPS) is 10.6. The Morgan fingerprint density at radius 1 is 1.30 bits per heavy atom. The molecule has 1 N–H and O–H groups in total. The van der Waals surface area contributed by atoms with Gasteiger partial charge in [-0.2, -0.15) is 0 Å². The van der Waals surface area contributed by atoms with E-state index in [2.05, 4.69) is 5.32 Å². The summed E-state index contributed by atoms with van der Waals surface area (Å²) in [4.78, 5) is 11.0. The highest BCUT2D eigenvalue weighted by Gasteiger charge is 2.14. The maximum absolute atomic E-state index is 13.8. The van der Waals surface area contributed by atoms with E-state index in [1.165, 1.54) is 12.1 Å². The number of rotatable bonds is 8. The lowest BCUT2D eigenvalue weighted by Crippen LogP contribution is -2.14. The first-order valence-electron chi connectivity index (χ1n) is 6.55. The second-order valence-electron chi connectivity index (χ2n) is 4.16. The van der Waals surface area contributed by atoms with Crippen LogP contribution in [0.5, 0.6) is 0 Å². The van der Waals surface area contributed by atoms with Crippen LogP contribution < -0.4 is 5.32 Å². The van der Waals surface area contributed by atoms with Gasteiger partial charge in [-0.1, -0.05) is 6.92 Å². The van der Waals surface area contributed by atoms with Crippen LogP contribution in [0.3, 0.4) is 0 Å². The minimum atomic E-state index is -0.646. The Bertz CT molecular complexity index is 432. The number of hydrogen-bond acceptors (Lipinski definition) is 4. The van der Waals surface area contributed by atoms with Crippen molar-refractivity contribution in [3.63, 3.8) is 0 Å². The van der Waals surface area contributed by atoms with E-state index in [1.807, 2.05) is 6.92 Å². The van der Waals surface area contributed by atoms with E-state index in [0.29, 0.717) is 12.1 Å². The highest BCUT2D eigenvalue weighted by Crippen LogP contribution is 2.26. The van der Waals surface area contributed by atoms with Gasteiger partial charge in [-0.05, 0) is 37.6 Å². The third-order valence-electron chi connectivity index (χ3n) is 2.45. The molecule has 1 aromatic rings. The molecule has 0 spiro atoms. The Balaban J connectivity index is 2.66. The molecule has 0 aliphatic rings. The average molecular weight is 303 g/mol. The number of nitrogens with one attached hydrogen (secondary N) is 1. The smallest absolute Gasteiger partial charge is 0.316 e. The fraction of sp³-hybridized carbons (Fsp3) is 0.500. The monoisotopic (exact) mass is 303 g/mol. The lowest BCUT2D eigenvalue weighted by Gasteiger charge is -2.08. The summed E-state index contributed by atoms with van der Waals surface area (Å²) in [6.45, 7) is 5.17. The van der Waals surface area contributed by atoms with E-state index in [1.54, 1.807) is 6.92 Å². The second kappa shape index (κ2) is 8.92. The highest BCUT2D eigenvalue weighted by molar-refractivity contribution is 8.00. The molecule has 0 saturated heterocycles. The van der Waals surface area contributed by atoms with E-state index in [4.69, 9.17) is 4.74 Å². The molecule has 0 fully saturated rings. The fourth-order valence-electron chi connectivity index (χ4n) is 1.60. The van der Waals surface area contributed by atoms with Gasteiger partial charge in [-0.25, -0.2) is 8.78 Å². The molecule has 0 heterocycles. The van der Waals surface area contributed by atoms with Crippen molar-refractivity contribution in [1.29, 1.82) is 0 Å². The van der Waals surface area contributed by atoms with Gasteiger partial charge in [-0.15, -0.1) is 11.8 Å². The molecule has 0 atom stereocenters. The van der Waals surface area contributed by atoms with Gasteiger partial charge in [0, 0.05) is 6.54 Å². The maximum Gasteiger partial charge on any atom is 0.316 e. The van der Waals surface area contributed by atoms with E-state index >= 15 is 0 Å². The van der Waals surface area contributed by atoms with E-state index in [-0.39, 0.29) is 17.3 Å². The van der Waals surface area contributed by atoms with Gasteiger partial charge in [0.05, 0.1) is 17.3 Å². The van der Waals surface area contributed by atoms with Gasteiger partial charge in [-0.3, -0.25) is 4.79 Å². The first kappa shape index (κ1) is 16.9. The molecule has 0 aliphatic heterocycles. The van der Waals surface area contributed by atoms with Crippen molar-refractivity contribution in [3.05, 3.63) is 29.3 Å². The molecular formula is C14H19F2NO2S. The van der Waals surface area contributed by atoms with Crippen molar-refractivity contribution in [2.24, 2.45) is 0 Å². The maximum atomic E-state index is 13.8. The van der Waals surface area contributed by atoms with Crippen molar-refractivity contribution in [1.82, 2.24) is 5.32 Å². The Morgan fingerprint density at radius 3 is 2.50 bits per heavy atom.